The minimum Gasteiger partial charge on any atom is -0.381 e. The molecule has 5 rings (SSSR count). The summed E-state index contributed by atoms with van der Waals surface area (Å²) in [4.78, 5) is 28.8. The van der Waals surface area contributed by atoms with E-state index in [2.05, 4.69) is 10.4 Å². The quantitative estimate of drug-likeness (QED) is 0.419. The number of nitrogens with two attached hydrogens (primary N) is 2. The van der Waals surface area contributed by atoms with Gasteiger partial charge < -0.3 is 16.8 Å². The average molecular weight is 470 g/mol. The zero-order valence-electron chi connectivity index (χ0n) is 19.6. The van der Waals surface area contributed by atoms with Crippen LogP contribution in [0.25, 0.3) is 28.9 Å². The molecular weight excluding hydrogens is 442 g/mol. The lowest BCUT2D eigenvalue weighted by atomic mass is 10.1. The predicted molar refractivity (Wildman–Crippen MR) is 140 cm³/mol. The van der Waals surface area contributed by atoms with Gasteiger partial charge in [-0.2, -0.15) is 0 Å². The summed E-state index contributed by atoms with van der Waals surface area (Å²) in [6.45, 7) is 4.61. The van der Waals surface area contributed by atoms with Crippen LogP contribution in [0.4, 0.5) is 11.6 Å². The third kappa shape index (κ3) is 4.56. The molecule has 35 heavy (non-hydrogen) atoms. The number of hydrogen-bond acceptors (Lipinski definition) is 6. The second kappa shape index (κ2) is 10.1. The molecule has 1 amide bonds. The minimum atomic E-state index is -0.568. The molecule has 1 aliphatic heterocycles. The molecule has 0 aliphatic carbocycles. The molecule has 178 valence electrons. The molecule has 3 heterocycles. The number of rotatable bonds is 4. The van der Waals surface area contributed by atoms with Gasteiger partial charge in [0.25, 0.3) is 11.5 Å². The fourth-order valence-electron chi connectivity index (χ4n) is 3.98. The maximum atomic E-state index is 13.1. The van der Waals surface area contributed by atoms with E-state index < -0.39 is 5.91 Å². The van der Waals surface area contributed by atoms with Crippen LogP contribution >= 0.6 is 0 Å². The van der Waals surface area contributed by atoms with Crippen molar-refractivity contribution in [3.05, 3.63) is 88.0 Å². The molecule has 2 aromatic heterocycles. The molecule has 0 fully saturated rings. The van der Waals surface area contributed by atoms with Gasteiger partial charge >= 0.3 is 0 Å². The molecule has 5 N–H and O–H groups in total. The van der Waals surface area contributed by atoms with Gasteiger partial charge in [0.1, 0.15) is 17.2 Å². The van der Waals surface area contributed by atoms with E-state index in [4.69, 9.17) is 16.5 Å². The van der Waals surface area contributed by atoms with E-state index in [1.807, 2.05) is 80.6 Å². The first-order chi connectivity index (χ1) is 17.0. The molecule has 9 nitrogen and oxygen atoms in total. The fraction of sp³-hybridized carbons (Fsp3) is 0.154. The van der Waals surface area contributed by atoms with Gasteiger partial charge in [-0.1, -0.05) is 49.4 Å². The summed E-state index contributed by atoms with van der Waals surface area (Å²) in [6.07, 6.45) is 8.19. The number of aromatic nitrogens is 4. The van der Waals surface area contributed by atoms with Gasteiger partial charge in [0.2, 0.25) is 0 Å². The molecule has 0 saturated heterocycles. The number of aryl methyl sites for hydroxylation is 1. The van der Waals surface area contributed by atoms with Crippen LogP contribution in [0.15, 0.2) is 65.5 Å². The number of nitrogens with zero attached hydrogens (tertiary/aromatic N) is 4. The number of anilines is 2. The highest BCUT2D eigenvalue weighted by atomic mass is 16.1. The largest absolute Gasteiger partial charge is 0.381 e. The Labute approximate surface area is 202 Å². The zero-order valence-corrected chi connectivity index (χ0v) is 19.6. The lowest BCUT2D eigenvalue weighted by molar-refractivity contribution is 0.100. The number of para-hydroxylation sites is 1. The smallest absolute Gasteiger partial charge is 0.266 e. The topological polar surface area (TPSA) is 134 Å². The molecule has 0 bridgehead atoms. The van der Waals surface area contributed by atoms with E-state index in [1.54, 1.807) is 10.8 Å². The van der Waals surface area contributed by atoms with Crippen molar-refractivity contribution >= 4 is 40.7 Å². The Morgan fingerprint density at radius 2 is 1.94 bits per heavy atom. The Morgan fingerprint density at radius 1 is 1.17 bits per heavy atom. The van der Waals surface area contributed by atoms with Gasteiger partial charge in [-0.15, -0.1) is 5.10 Å². The summed E-state index contributed by atoms with van der Waals surface area (Å²) in [7, 11) is 0. The van der Waals surface area contributed by atoms with Crippen LogP contribution in [0.2, 0.25) is 0 Å². The highest BCUT2D eigenvalue weighted by molar-refractivity contribution is 6.02. The molecule has 1 aliphatic rings. The minimum absolute atomic E-state index is 0.0123. The number of amides is 1. The summed E-state index contributed by atoms with van der Waals surface area (Å²) in [5.41, 5.74) is 13.4. The predicted octanol–water partition coefficient (Wildman–Crippen LogP) is 3.44. The standard InChI is InChI=1S/C19H18N2O.C7H9N5O/c1-3-9-14-10-8-13-16-18(14)19(22)21(17(4-2)20-16)15-11-6-5-7-12-15;8-5-4(6(9)13)7-10-2-1-3-12(7)11-5/h3,5-13H,4H2,1-2H3;1,3,10H,2H2,(H2,8,11)(H2,9,13)/b9-3+;. The number of nitrogen functional groups attached to an aromatic ring is 1. The Balaban J connectivity index is 0.000000189. The van der Waals surface area contributed by atoms with Crippen LogP contribution in [0.3, 0.4) is 0 Å². The van der Waals surface area contributed by atoms with Crippen LogP contribution in [-0.4, -0.2) is 31.8 Å². The van der Waals surface area contributed by atoms with Crippen molar-refractivity contribution < 1.29 is 4.79 Å². The van der Waals surface area contributed by atoms with Crippen molar-refractivity contribution in [2.24, 2.45) is 5.73 Å². The number of benzene rings is 2. The molecule has 4 aromatic rings. The number of primary amides is 1. The second-order valence-electron chi connectivity index (χ2n) is 7.78. The van der Waals surface area contributed by atoms with Crippen LogP contribution in [0, 0.1) is 0 Å². The maximum Gasteiger partial charge on any atom is 0.266 e. The van der Waals surface area contributed by atoms with Crippen LogP contribution in [-0.2, 0) is 6.42 Å². The van der Waals surface area contributed by atoms with E-state index in [0.29, 0.717) is 24.2 Å². The van der Waals surface area contributed by atoms with E-state index in [1.165, 1.54) is 4.68 Å². The lowest BCUT2D eigenvalue weighted by Gasteiger charge is -2.13. The summed E-state index contributed by atoms with van der Waals surface area (Å²) in [5, 5.41) is 7.55. The van der Waals surface area contributed by atoms with Crippen LogP contribution in [0.5, 0.6) is 0 Å². The summed E-state index contributed by atoms with van der Waals surface area (Å²) < 4.78 is 3.22. The third-order valence-corrected chi connectivity index (χ3v) is 5.49. The van der Waals surface area contributed by atoms with Gasteiger partial charge in [0, 0.05) is 19.2 Å². The Kier molecular flexibility index (Phi) is 6.77. The monoisotopic (exact) mass is 469 g/mol. The first kappa shape index (κ1) is 23.5. The Hall–Kier alpha value is -4.66. The summed E-state index contributed by atoms with van der Waals surface area (Å²) >= 11 is 0. The second-order valence-corrected chi connectivity index (χ2v) is 7.78. The summed E-state index contributed by atoms with van der Waals surface area (Å²) in [5.74, 6) is 0.928. The van der Waals surface area contributed by atoms with Crippen molar-refractivity contribution in [1.29, 1.82) is 0 Å². The first-order valence-electron chi connectivity index (χ1n) is 11.3. The molecule has 2 aromatic carbocycles. The average Bonchev–Trinajstić information content (AvgIpc) is 3.21. The molecule has 0 saturated carbocycles. The summed E-state index contributed by atoms with van der Waals surface area (Å²) in [6, 6.07) is 15.5. The number of carbonyl (C=O) groups excluding carboxylic acids is 1. The normalized spacial score (nSPS) is 12.2. The van der Waals surface area contributed by atoms with E-state index in [0.717, 1.165) is 22.6 Å². The van der Waals surface area contributed by atoms with Crippen molar-refractivity contribution in [3.8, 4) is 5.69 Å². The van der Waals surface area contributed by atoms with E-state index >= 15 is 0 Å². The molecule has 9 heteroatoms. The van der Waals surface area contributed by atoms with Gasteiger partial charge in [0.15, 0.2) is 5.82 Å². The zero-order chi connectivity index (χ0) is 24.9. The van der Waals surface area contributed by atoms with Crippen molar-refractivity contribution in [2.45, 2.75) is 20.3 Å². The molecular formula is C26H27N7O2. The van der Waals surface area contributed by atoms with Crippen molar-refractivity contribution in [2.75, 3.05) is 17.6 Å². The van der Waals surface area contributed by atoms with Gasteiger partial charge in [-0.3, -0.25) is 14.2 Å². The highest BCUT2D eigenvalue weighted by Crippen LogP contribution is 2.23. The number of hydrogen-bond donors (Lipinski definition) is 3. The third-order valence-electron chi connectivity index (χ3n) is 5.49. The number of nitrogens with one attached hydrogen (secondary N) is 1. The van der Waals surface area contributed by atoms with Gasteiger partial charge in [-0.05, 0) is 36.8 Å². The molecule has 0 radical (unpaired) electrons. The molecule has 0 unspecified atom stereocenters. The first-order valence-corrected chi connectivity index (χ1v) is 11.3. The Morgan fingerprint density at radius 3 is 2.63 bits per heavy atom. The number of carbonyl (C=O) groups is 1. The Bertz CT molecular complexity index is 1500. The van der Waals surface area contributed by atoms with Gasteiger partial charge in [-0.25, -0.2) is 9.67 Å². The van der Waals surface area contributed by atoms with Crippen LogP contribution < -0.4 is 22.3 Å². The SMILES string of the molecule is C/C=C/c1cccc2nc(CC)n(-c3ccccc3)c(=O)c12.NC(=O)c1c(N)nn2c1NCC=C2. The van der Waals surface area contributed by atoms with Gasteiger partial charge in [0.05, 0.1) is 16.6 Å². The fourth-order valence-corrected chi connectivity index (χ4v) is 3.98. The van der Waals surface area contributed by atoms with E-state index in [9.17, 15) is 9.59 Å². The number of allylic oxidation sites excluding steroid dienone is 1. The van der Waals surface area contributed by atoms with Crippen molar-refractivity contribution in [1.82, 2.24) is 19.3 Å². The van der Waals surface area contributed by atoms with E-state index in [-0.39, 0.29) is 16.9 Å². The maximum absolute atomic E-state index is 13.1. The lowest BCUT2D eigenvalue weighted by Crippen LogP contribution is -2.24. The highest BCUT2D eigenvalue weighted by Gasteiger charge is 2.20. The van der Waals surface area contributed by atoms with Crippen LogP contribution in [0.1, 0.15) is 35.6 Å². The molecule has 0 spiro atoms. The van der Waals surface area contributed by atoms with Crippen molar-refractivity contribution in [3.63, 3.8) is 0 Å². The number of fused-ring (bicyclic) bond motifs is 2. The molecule has 0 atom stereocenters.